The quantitative estimate of drug-likeness (QED) is 0.844. The highest BCUT2D eigenvalue weighted by atomic mass is 16.3. The fraction of sp³-hybridized carbons (Fsp3) is 0.579. The molecule has 1 atom stereocenters. The lowest BCUT2D eigenvalue weighted by atomic mass is 9.95. The lowest BCUT2D eigenvalue weighted by Gasteiger charge is -2.31. The summed E-state index contributed by atoms with van der Waals surface area (Å²) in [5.41, 5.74) is 2.03. The van der Waals surface area contributed by atoms with E-state index in [2.05, 4.69) is 11.4 Å². The number of rotatable bonds is 5. The Labute approximate surface area is 143 Å². The monoisotopic (exact) mass is 330 g/mol. The van der Waals surface area contributed by atoms with E-state index in [1.807, 2.05) is 0 Å². The number of piperidine rings is 1. The smallest absolute Gasteiger partial charge is 0.257 e. The van der Waals surface area contributed by atoms with Crippen molar-refractivity contribution < 1.29 is 14.0 Å². The molecule has 1 saturated heterocycles. The molecule has 5 nitrogen and oxygen atoms in total. The van der Waals surface area contributed by atoms with Crippen LogP contribution < -0.4 is 5.32 Å². The van der Waals surface area contributed by atoms with Crippen LogP contribution in [0.1, 0.15) is 55.3 Å². The Kier molecular flexibility index (Phi) is 5.72. The van der Waals surface area contributed by atoms with E-state index in [9.17, 15) is 9.59 Å². The molecule has 2 aliphatic rings. The molecule has 2 heterocycles. The van der Waals surface area contributed by atoms with Crippen LogP contribution in [0, 0.1) is 5.92 Å². The maximum absolute atomic E-state index is 12.4. The molecule has 1 fully saturated rings. The average Bonchev–Trinajstić information content (AvgIpc) is 3.16. The van der Waals surface area contributed by atoms with Gasteiger partial charge in [-0.15, -0.1) is 0 Å². The number of carbonyl (C=O) groups excluding carboxylic acids is 2. The van der Waals surface area contributed by atoms with Gasteiger partial charge in [0.2, 0.25) is 5.91 Å². The van der Waals surface area contributed by atoms with Crippen LogP contribution in [-0.4, -0.2) is 36.3 Å². The van der Waals surface area contributed by atoms with Gasteiger partial charge in [-0.05, 0) is 51.0 Å². The minimum atomic E-state index is -0.102. The van der Waals surface area contributed by atoms with Crippen LogP contribution >= 0.6 is 0 Å². The van der Waals surface area contributed by atoms with Crippen LogP contribution in [0.3, 0.4) is 0 Å². The van der Waals surface area contributed by atoms with Crippen molar-refractivity contribution >= 4 is 11.8 Å². The van der Waals surface area contributed by atoms with Crippen LogP contribution in [-0.2, 0) is 4.79 Å². The third-order valence-electron chi connectivity index (χ3n) is 4.98. The van der Waals surface area contributed by atoms with Gasteiger partial charge in [0.1, 0.15) is 6.26 Å². The summed E-state index contributed by atoms with van der Waals surface area (Å²) < 4.78 is 4.98. The first kappa shape index (κ1) is 16.8. The van der Waals surface area contributed by atoms with Crippen LogP contribution in [0.5, 0.6) is 0 Å². The number of carbonyl (C=O) groups is 2. The molecule has 1 aliphatic heterocycles. The number of likely N-dealkylation sites (tertiary alicyclic amines) is 1. The highest BCUT2D eigenvalue weighted by molar-refractivity contribution is 5.94. The fourth-order valence-corrected chi connectivity index (χ4v) is 3.57. The van der Waals surface area contributed by atoms with Crippen LogP contribution in [0.2, 0.25) is 0 Å². The van der Waals surface area contributed by atoms with Gasteiger partial charge in [-0.2, -0.15) is 0 Å². The van der Waals surface area contributed by atoms with Gasteiger partial charge in [-0.25, -0.2) is 0 Å². The van der Waals surface area contributed by atoms with Gasteiger partial charge in [-0.1, -0.05) is 11.6 Å². The van der Waals surface area contributed by atoms with E-state index in [1.165, 1.54) is 43.8 Å². The van der Waals surface area contributed by atoms with Crippen molar-refractivity contribution in [3.63, 3.8) is 0 Å². The van der Waals surface area contributed by atoms with E-state index < -0.39 is 0 Å². The average molecular weight is 330 g/mol. The van der Waals surface area contributed by atoms with E-state index in [-0.39, 0.29) is 17.7 Å². The Hall–Kier alpha value is -2.04. The zero-order valence-corrected chi connectivity index (χ0v) is 14.1. The van der Waals surface area contributed by atoms with Crippen molar-refractivity contribution in [1.29, 1.82) is 0 Å². The molecule has 1 aliphatic carbocycles. The Morgan fingerprint density at radius 2 is 2.21 bits per heavy atom. The second kappa shape index (κ2) is 8.18. The van der Waals surface area contributed by atoms with E-state index >= 15 is 0 Å². The van der Waals surface area contributed by atoms with Crippen LogP contribution in [0.4, 0.5) is 0 Å². The molecule has 0 radical (unpaired) electrons. The minimum absolute atomic E-state index is 0.0476. The predicted molar refractivity (Wildman–Crippen MR) is 91.5 cm³/mol. The van der Waals surface area contributed by atoms with Crippen LogP contribution in [0.15, 0.2) is 34.7 Å². The van der Waals surface area contributed by atoms with E-state index in [0.29, 0.717) is 25.2 Å². The Morgan fingerprint density at radius 3 is 2.96 bits per heavy atom. The molecule has 0 aromatic carbocycles. The summed E-state index contributed by atoms with van der Waals surface area (Å²) in [7, 11) is 0. The highest BCUT2D eigenvalue weighted by Gasteiger charge is 2.29. The minimum Gasteiger partial charge on any atom is -0.472 e. The van der Waals surface area contributed by atoms with Crippen molar-refractivity contribution in [1.82, 2.24) is 10.2 Å². The number of furan rings is 1. The molecule has 0 spiro atoms. The summed E-state index contributed by atoms with van der Waals surface area (Å²) in [6.07, 6.45) is 12.9. The van der Waals surface area contributed by atoms with Crippen molar-refractivity contribution in [3.05, 3.63) is 35.8 Å². The van der Waals surface area contributed by atoms with E-state index in [4.69, 9.17) is 4.42 Å². The summed E-state index contributed by atoms with van der Waals surface area (Å²) in [6, 6.07) is 1.67. The fourth-order valence-electron chi connectivity index (χ4n) is 3.57. The Balaban J connectivity index is 1.46. The van der Waals surface area contributed by atoms with Gasteiger partial charge in [0.15, 0.2) is 0 Å². The summed E-state index contributed by atoms with van der Waals surface area (Å²) in [4.78, 5) is 26.5. The summed E-state index contributed by atoms with van der Waals surface area (Å²) >= 11 is 0. The van der Waals surface area contributed by atoms with Crippen molar-refractivity contribution in [2.45, 2.75) is 44.9 Å². The predicted octanol–water partition coefficient (Wildman–Crippen LogP) is 3.14. The third-order valence-corrected chi connectivity index (χ3v) is 4.98. The summed E-state index contributed by atoms with van der Waals surface area (Å²) in [5, 5.41) is 3.06. The molecule has 1 aromatic rings. The molecular formula is C19H26N2O3. The molecule has 0 saturated carbocycles. The van der Waals surface area contributed by atoms with Gasteiger partial charge >= 0.3 is 0 Å². The molecule has 2 amide bonds. The summed E-state index contributed by atoms with van der Waals surface area (Å²) in [5.74, 6) is -0.0698. The molecule has 1 aromatic heterocycles. The Morgan fingerprint density at radius 1 is 1.29 bits per heavy atom. The second-order valence-corrected chi connectivity index (χ2v) is 6.75. The SMILES string of the molecule is O=C(NCCC1=CCCCC1)C1CCCN(C(=O)c2ccoc2)C1. The number of nitrogens with one attached hydrogen (secondary N) is 1. The van der Waals surface area contributed by atoms with Gasteiger partial charge in [0.05, 0.1) is 17.7 Å². The first-order valence-corrected chi connectivity index (χ1v) is 9.01. The molecule has 3 rings (SSSR count). The number of hydrogen-bond donors (Lipinski definition) is 1. The lowest BCUT2D eigenvalue weighted by molar-refractivity contribution is -0.126. The zero-order chi connectivity index (χ0) is 16.8. The van der Waals surface area contributed by atoms with Crippen molar-refractivity contribution in [3.8, 4) is 0 Å². The topological polar surface area (TPSA) is 62.6 Å². The number of amides is 2. The van der Waals surface area contributed by atoms with Gasteiger partial charge < -0.3 is 14.6 Å². The van der Waals surface area contributed by atoms with Crippen molar-refractivity contribution in [2.75, 3.05) is 19.6 Å². The lowest BCUT2D eigenvalue weighted by Crippen LogP contribution is -2.45. The molecular weight excluding hydrogens is 304 g/mol. The van der Waals surface area contributed by atoms with Gasteiger partial charge in [-0.3, -0.25) is 9.59 Å². The first-order valence-electron chi connectivity index (χ1n) is 9.01. The molecule has 1 N–H and O–H groups in total. The third kappa shape index (κ3) is 4.28. The first-order chi connectivity index (χ1) is 11.7. The number of hydrogen-bond acceptors (Lipinski definition) is 3. The summed E-state index contributed by atoms with van der Waals surface area (Å²) in [6.45, 7) is 1.91. The standard InChI is InChI=1S/C19H26N2O3/c22-18(20-10-8-15-5-2-1-3-6-15)16-7-4-11-21(13-16)19(23)17-9-12-24-14-17/h5,9,12,14,16H,1-4,6-8,10-11,13H2,(H,20,22). The number of nitrogens with zero attached hydrogens (tertiary/aromatic N) is 1. The maximum atomic E-state index is 12.4. The molecule has 0 bridgehead atoms. The van der Waals surface area contributed by atoms with Crippen molar-refractivity contribution in [2.24, 2.45) is 5.92 Å². The van der Waals surface area contributed by atoms with E-state index in [1.54, 1.807) is 11.0 Å². The molecule has 5 heteroatoms. The molecule has 130 valence electrons. The number of allylic oxidation sites excluding steroid dienone is 1. The normalized spacial score (nSPS) is 21.2. The van der Waals surface area contributed by atoms with Gasteiger partial charge in [0, 0.05) is 19.6 Å². The highest BCUT2D eigenvalue weighted by Crippen LogP contribution is 2.21. The molecule has 1 unspecified atom stereocenters. The molecule has 24 heavy (non-hydrogen) atoms. The van der Waals surface area contributed by atoms with Gasteiger partial charge in [0.25, 0.3) is 5.91 Å². The Bertz CT molecular complexity index is 592. The zero-order valence-electron chi connectivity index (χ0n) is 14.1. The second-order valence-electron chi connectivity index (χ2n) is 6.75. The largest absolute Gasteiger partial charge is 0.472 e. The van der Waals surface area contributed by atoms with Crippen LogP contribution in [0.25, 0.3) is 0 Å². The van der Waals surface area contributed by atoms with E-state index in [0.717, 1.165) is 19.3 Å². The maximum Gasteiger partial charge on any atom is 0.257 e.